The quantitative estimate of drug-likeness (QED) is 0.126. The summed E-state index contributed by atoms with van der Waals surface area (Å²) in [5.74, 6) is -0.648. The Morgan fingerprint density at radius 2 is 0.527 bits per heavy atom. The molecule has 0 N–H and O–H groups in total. The van der Waals surface area contributed by atoms with Gasteiger partial charge in [0.2, 0.25) is 0 Å². The third-order valence-corrected chi connectivity index (χ3v) is 14.7. The third-order valence-electron chi connectivity index (χ3n) is 14.7. The highest BCUT2D eigenvalue weighted by molar-refractivity contribution is 6.28. The predicted molar refractivity (Wildman–Crippen MR) is 310 cm³/mol. The molecule has 0 aliphatic rings. The van der Waals surface area contributed by atoms with E-state index in [1.807, 2.05) is 38.1 Å². The van der Waals surface area contributed by atoms with Gasteiger partial charge in [0.25, 0.3) is 0 Å². The lowest BCUT2D eigenvalue weighted by Gasteiger charge is -2.30. The van der Waals surface area contributed by atoms with Gasteiger partial charge in [-0.2, -0.15) is 0 Å². The smallest absolute Gasteiger partial charge is 0.147 e. The monoisotopic (exact) mass is 960 g/mol. The molecule has 0 aliphatic heterocycles. The van der Waals surface area contributed by atoms with Gasteiger partial charge < -0.3 is 9.80 Å². The molecule has 0 heterocycles. The van der Waals surface area contributed by atoms with Crippen molar-refractivity contribution in [2.24, 2.45) is 0 Å². The minimum absolute atomic E-state index is 0.324. The Kier molecular flexibility index (Phi) is 11.6. The molecule has 0 saturated heterocycles. The minimum Gasteiger partial charge on any atom is -0.307 e. The largest absolute Gasteiger partial charge is 0.307 e. The van der Waals surface area contributed by atoms with Gasteiger partial charge in [0, 0.05) is 22.1 Å². The maximum Gasteiger partial charge on any atom is 0.147 e. The van der Waals surface area contributed by atoms with Crippen LogP contribution in [0.4, 0.5) is 42.9 Å². The number of hydrogen-bond donors (Lipinski definition) is 0. The topological polar surface area (TPSA) is 6.48 Å². The molecule has 12 aromatic carbocycles. The summed E-state index contributed by atoms with van der Waals surface area (Å²) in [6.45, 7) is 12.4. The Bertz CT molecular complexity index is 3680. The zero-order valence-corrected chi connectivity index (χ0v) is 42.4. The van der Waals surface area contributed by atoms with Crippen LogP contribution in [0.15, 0.2) is 218 Å². The lowest BCUT2D eigenvalue weighted by atomic mass is 9.91. The molecule has 0 saturated carbocycles. The summed E-state index contributed by atoms with van der Waals surface area (Å²) in [6, 6.07) is 75.6. The fourth-order valence-corrected chi connectivity index (χ4v) is 10.7. The molecule has 0 radical (unpaired) electrons. The van der Waals surface area contributed by atoms with Gasteiger partial charge in [-0.15, -0.1) is 0 Å². The number of aryl methyl sites for hydroxylation is 6. The van der Waals surface area contributed by atoms with Crippen LogP contribution in [0.2, 0.25) is 0 Å². The van der Waals surface area contributed by atoms with Gasteiger partial charge in [0.1, 0.15) is 11.6 Å². The van der Waals surface area contributed by atoms with E-state index in [4.69, 9.17) is 0 Å². The average molecular weight is 961 g/mol. The van der Waals surface area contributed by atoms with Gasteiger partial charge >= 0.3 is 0 Å². The second kappa shape index (κ2) is 18.6. The molecule has 2 nitrogen and oxygen atoms in total. The molecule has 0 atom stereocenters. The number of hydrogen-bond acceptors (Lipinski definition) is 2. The average Bonchev–Trinajstić information content (AvgIpc) is 3.44. The SMILES string of the molecule is Cc1ccc(-c2cc(-c3ccc(C)cc3)cc(N(c3cc(C)ccc3F)c3ccc4ccc5c(N(c6cc(-c7ccc(C)cc7)cc(-c7ccc(C)cc7)c6)c6cc(C)ccc6F)ccc6ccc3c4c65)c2)cc1. The molecule has 12 rings (SSSR count). The van der Waals surface area contributed by atoms with Crippen molar-refractivity contribution in [1.82, 2.24) is 0 Å². The number of benzene rings is 12. The molecule has 0 fully saturated rings. The van der Waals surface area contributed by atoms with Crippen LogP contribution >= 0.6 is 0 Å². The first kappa shape index (κ1) is 46.2. The Labute approximate surface area is 432 Å². The van der Waals surface area contributed by atoms with E-state index in [9.17, 15) is 0 Å². The maximum atomic E-state index is 16.9. The zero-order valence-electron chi connectivity index (χ0n) is 42.4. The van der Waals surface area contributed by atoms with Crippen LogP contribution < -0.4 is 9.80 Å². The Morgan fingerprint density at radius 3 is 0.838 bits per heavy atom. The summed E-state index contributed by atoms with van der Waals surface area (Å²) < 4.78 is 33.8. The first-order chi connectivity index (χ1) is 35.9. The van der Waals surface area contributed by atoms with Crippen LogP contribution in [0.5, 0.6) is 0 Å². The second-order valence-electron chi connectivity index (χ2n) is 20.2. The van der Waals surface area contributed by atoms with Crippen molar-refractivity contribution in [3.63, 3.8) is 0 Å². The number of nitrogens with zero attached hydrogens (tertiary/aromatic N) is 2. The van der Waals surface area contributed by atoms with E-state index < -0.39 is 0 Å². The van der Waals surface area contributed by atoms with E-state index in [1.54, 1.807) is 12.1 Å². The van der Waals surface area contributed by atoms with Gasteiger partial charge in [-0.3, -0.25) is 0 Å². The van der Waals surface area contributed by atoms with E-state index in [0.717, 1.165) is 111 Å². The van der Waals surface area contributed by atoms with E-state index >= 15 is 8.78 Å². The van der Waals surface area contributed by atoms with Crippen molar-refractivity contribution in [1.29, 1.82) is 0 Å². The van der Waals surface area contributed by atoms with Crippen LogP contribution in [-0.2, 0) is 0 Å². The van der Waals surface area contributed by atoms with Gasteiger partial charge in [0.15, 0.2) is 0 Å². The van der Waals surface area contributed by atoms with Gasteiger partial charge in [-0.1, -0.05) is 168 Å². The van der Waals surface area contributed by atoms with Crippen LogP contribution in [0.1, 0.15) is 33.4 Å². The van der Waals surface area contributed by atoms with Crippen LogP contribution in [0.3, 0.4) is 0 Å². The highest BCUT2D eigenvalue weighted by Crippen LogP contribution is 2.50. The molecule has 0 bridgehead atoms. The molecular formula is C70H54F2N2. The zero-order chi connectivity index (χ0) is 50.8. The van der Waals surface area contributed by atoms with Crippen LogP contribution in [0.25, 0.3) is 76.8 Å². The maximum absolute atomic E-state index is 16.9. The molecule has 74 heavy (non-hydrogen) atoms. The molecule has 4 heteroatoms. The minimum atomic E-state index is -0.324. The molecular weight excluding hydrogens is 907 g/mol. The Morgan fingerprint density at radius 1 is 0.243 bits per heavy atom. The van der Waals surface area contributed by atoms with Gasteiger partial charge in [-0.25, -0.2) is 8.78 Å². The van der Waals surface area contributed by atoms with E-state index in [-0.39, 0.29) is 11.6 Å². The summed E-state index contributed by atoms with van der Waals surface area (Å²) >= 11 is 0. The molecule has 358 valence electrons. The van der Waals surface area contributed by atoms with E-state index in [2.05, 4.69) is 219 Å². The standard InChI is InChI=1S/C70H54F2N2/c1-43-7-17-49(18-8-43)55-37-56(50-19-9-44(2)10-20-50)40-59(39-55)73(67-35-47(5)15-31-63(67)71)65-33-27-53-26-30-62-66(34-28-54-25-29-61(65)69(53)70(54)62)74(68-36-48(6)16-32-64(68)72)60-41-57(51-21-11-45(3)12-22-51)38-58(42-60)52-23-13-46(4)14-24-52/h7-42H,1-6H3. The summed E-state index contributed by atoms with van der Waals surface area (Å²) in [5.41, 5.74) is 19.3. The highest BCUT2D eigenvalue weighted by Gasteiger charge is 2.26. The van der Waals surface area contributed by atoms with E-state index in [0.29, 0.717) is 11.4 Å². The van der Waals surface area contributed by atoms with Crippen molar-refractivity contribution < 1.29 is 8.78 Å². The molecule has 0 unspecified atom stereocenters. The Balaban J connectivity index is 1.12. The molecule has 12 aromatic rings. The lowest BCUT2D eigenvalue weighted by molar-refractivity contribution is 0.628. The summed E-state index contributed by atoms with van der Waals surface area (Å²) in [6.07, 6.45) is 0. The summed E-state index contributed by atoms with van der Waals surface area (Å²) in [7, 11) is 0. The number of anilines is 6. The van der Waals surface area contributed by atoms with Crippen molar-refractivity contribution >= 4 is 66.4 Å². The predicted octanol–water partition coefficient (Wildman–Crippen LogP) is 20.3. The van der Waals surface area contributed by atoms with E-state index in [1.165, 1.54) is 22.3 Å². The number of rotatable bonds is 10. The van der Waals surface area contributed by atoms with Crippen molar-refractivity contribution in [3.05, 3.63) is 263 Å². The fraction of sp³-hybridized carbons (Fsp3) is 0.0857. The third kappa shape index (κ3) is 8.52. The molecule has 0 amide bonds. The van der Waals surface area contributed by atoms with Crippen molar-refractivity contribution in [3.8, 4) is 44.5 Å². The summed E-state index contributed by atoms with van der Waals surface area (Å²) in [4.78, 5) is 4.20. The normalized spacial score (nSPS) is 11.5. The second-order valence-corrected chi connectivity index (χ2v) is 20.2. The molecule has 0 spiro atoms. The lowest BCUT2D eigenvalue weighted by Crippen LogP contribution is -2.14. The molecule has 0 aliphatic carbocycles. The first-order valence-corrected chi connectivity index (χ1v) is 25.3. The highest BCUT2D eigenvalue weighted by atomic mass is 19.1. The van der Waals surface area contributed by atoms with Crippen LogP contribution in [-0.4, -0.2) is 0 Å². The van der Waals surface area contributed by atoms with Crippen molar-refractivity contribution in [2.75, 3.05) is 9.80 Å². The first-order valence-electron chi connectivity index (χ1n) is 25.3. The van der Waals surface area contributed by atoms with Gasteiger partial charge in [0.05, 0.1) is 22.7 Å². The Hall–Kier alpha value is -8.86. The fourth-order valence-electron chi connectivity index (χ4n) is 10.7. The summed E-state index contributed by atoms with van der Waals surface area (Å²) in [5, 5.41) is 6.12. The van der Waals surface area contributed by atoms with Crippen molar-refractivity contribution in [2.45, 2.75) is 41.5 Å². The number of halogens is 2. The van der Waals surface area contributed by atoms with Gasteiger partial charge in [-0.05, 0) is 192 Å². The van der Waals surface area contributed by atoms with Crippen LogP contribution in [0, 0.1) is 53.2 Å². The molecule has 0 aromatic heterocycles.